The van der Waals surface area contributed by atoms with Crippen molar-refractivity contribution >= 4 is 23.4 Å². The van der Waals surface area contributed by atoms with Gasteiger partial charge in [-0.3, -0.25) is 10.1 Å². The number of imidazole rings is 1. The minimum atomic E-state index is -4.46. The number of nitrogens with zero attached hydrogens (tertiary/aromatic N) is 2. The third-order valence-electron chi connectivity index (χ3n) is 5.06. The van der Waals surface area contributed by atoms with Crippen LogP contribution in [-0.2, 0) is 19.3 Å². The van der Waals surface area contributed by atoms with Crippen molar-refractivity contribution in [3.63, 3.8) is 0 Å². The molecular formula is C24H26F3N5O3. The van der Waals surface area contributed by atoms with Crippen LogP contribution in [-0.4, -0.2) is 28.6 Å². The Balaban J connectivity index is 1.65. The van der Waals surface area contributed by atoms with E-state index in [0.29, 0.717) is 12.3 Å². The molecule has 0 unspecified atom stereocenters. The van der Waals surface area contributed by atoms with E-state index in [-0.39, 0.29) is 23.9 Å². The number of unbranched alkanes of at least 4 members (excludes halogenated alkanes) is 1. The molecule has 0 fully saturated rings. The van der Waals surface area contributed by atoms with Gasteiger partial charge in [0.25, 0.3) is 5.91 Å². The molecule has 0 aliphatic carbocycles. The Labute approximate surface area is 200 Å². The van der Waals surface area contributed by atoms with Crippen molar-refractivity contribution < 1.29 is 27.5 Å². The number of hydrogen-bond donors (Lipinski definition) is 3. The third kappa shape index (κ3) is 7.23. The van der Waals surface area contributed by atoms with Gasteiger partial charge in [0.05, 0.1) is 12.7 Å². The summed E-state index contributed by atoms with van der Waals surface area (Å²) >= 11 is 0. The van der Waals surface area contributed by atoms with Crippen molar-refractivity contribution in [1.82, 2.24) is 14.9 Å². The lowest BCUT2D eigenvalue weighted by Crippen LogP contribution is -2.26. The maximum Gasteiger partial charge on any atom is 0.416 e. The van der Waals surface area contributed by atoms with Crippen LogP contribution in [0.25, 0.3) is 0 Å². The molecule has 1 heterocycles. The van der Waals surface area contributed by atoms with E-state index in [0.717, 1.165) is 42.7 Å². The number of carbonyl (C=O) groups is 2. The molecule has 11 heteroatoms. The smallest absolute Gasteiger partial charge is 0.416 e. The fourth-order valence-electron chi connectivity index (χ4n) is 3.18. The first-order chi connectivity index (χ1) is 16.7. The number of halogens is 3. The molecule has 0 aliphatic heterocycles. The average molecular weight is 489 g/mol. The second-order valence-corrected chi connectivity index (χ2v) is 7.68. The molecule has 2 aromatic carbocycles. The van der Waals surface area contributed by atoms with Gasteiger partial charge >= 0.3 is 12.2 Å². The molecule has 0 radical (unpaired) electrons. The quantitative estimate of drug-likeness (QED) is 0.381. The summed E-state index contributed by atoms with van der Waals surface area (Å²) in [5, 5.41) is 7.77. The van der Waals surface area contributed by atoms with Crippen molar-refractivity contribution in [1.29, 1.82) is 0 Å². The van der Waals surface area contributed by atoms with E-state index < -0.39 is 23.7 Å². The van der Waals surface area contributed by atoms with Gasteiger partial charge in [-0.1, -0.05) is 25.5 Å². The van der Waals surface area contributed by atoms with E-state index in [2.05, 4.69) is 20.9 Å². The first-order valence-electron chi connectivity index (χ1n) is 10.9. The monoisotopic (exact) mass is 489 g/mol. The molecule has 35 heavy (non-hydrogen) atoms. The number of aromatic nitrogens is 2. The van der Waals surface area contributed by atoms with Crippen LogP contribution in [0.5, 0.6) is 5.75 Å². The Bertz CT molecular complexity index is 1140. The number of benzene rings is 2. The van der Waals surface area contributed by atoms with Crippen LogP contribution in [0.2, 0.25) is 0 Å². The maximum atomic E-state index is 12.8. The summed E-state index contributed by atoms with van der Waals surface area (Å²) in [5.74, 6) is 0.575. The van der Waals surface area contributed by atoms with Gasteiger partial charge in [-0.15, -0.1) is 0 Å². The van der Waals surface area contributed by atoms with Crippen molar-refractivity contribution in [3.05, 3.63) is 71.7 Å². The molecule has 3 aromatic rings. The molecule has 3 rings (SSSR count). The fraction of sp³-hybridized carbons (Fsp3) is 0.292. The van der Waals surface area contributed by atoms with E-state index in [4.69, 9.17) is 4.74 Å². The molecule has 0 bridgehead atoms. The molecule has 0 aliphatic rings. The number of carbonyl (C=O) groups excluding carboxylic acids is 2. The largest absolute Gasteiger partial charge is 0.497 e. The van der Waals surface area contributed by atoms with Gasteiger partial charge < -0.3 is 19.9 Å². The predicted molar refractivity (Wildman–Crippen MR) is 125 cm³/mol. The summed E-state index contributed by atoms with van der Waals surface area (Å²) in [6.45, 7) is 2.81. The van der Waals surface area contributed by atoms with Crippen molar-refractivity contribution in [2.24, 2.45) is 0 Å². The Morgan fingerprint density at radius 3 is 2.31 bits per heavy atom. The lowest BCUT2D eigenvalue weighted by molar-refractivity contribution is -0.137. The topological polar surface area (TPSA) is 97.3 Å². The normalized spacial score (nSPS) is 11.1. The number of amides is 3. The van der Waals surface area contributed by atoms with Gasteiger partial charge in [0.2, 0.25) is 5.82 Å². The van der Waals surface area contributed by atoms with Gasteiger partial charge in [0.15, 0.2) is 5.82 Å². The fourth-order valence-corrected chi connectivity index (χ4v) is 3.18. The molecule has 0 atom stereocenters. The zero-order valence-corrected chi connectivity index (χ0v) is 19.3. The molecule has 3 amide bonds. The number of rotatable bonds is 9. The molecule has 0 spiro atoms. The number of ether oxygens (including phenoxy) is 1. The van der Waals surface area contributed by atoms with Gasteiger partial charge in [-0.25, -0.2) is 9.78 Å². The SMILES string of the molecule is CCCCn1cc(NC(=O)Nc2ccc(C(F)(F)F)cc2)nc1C(=O)NCc1ccc(OC)cc1. The van der Waals surface area contributed by atoms with Crippen LogP contribution < -0.4 is 20.7 Å². The molecule has 3 N–H and O–H groups in total. The van der Waals surface area contributed by atoms with E-state index in [9.17, 15) is 22.8 Å². The number of alkyl halides is 3. The summed E-state index contributed by atoms with van der Waals surface area (Å²) in [6, 6.07) is 10.6. The lowest BCUT2D eigenvalue weighted by atomic mass is 10.2. The first-order valence-corrected chi connectivity index (χ1v) is 10.9. The summed E-state index contributed by atoms with van der Waals surface area (Å²) < 4.78 is 44.9. The summed E-state index contributed by atoms with van der Waals surface area (Å²) in [6.07, 6.45) is -1.23. The highest BCUT2D eigenvalue weighted by Gasteiger charge is 2.30. The summed E-state index contributed by atoms with van der Waals surface area (Å²) in [4.78, 5) is 29.4. The first kappa shape index (κ1) is 25.6. The van der Waals surface area contributed by atoms with Crippen LogP contribution >= 0.6 is 0 Å². The van der Waals surface area contributed by atoms with Crippen LogP contribution in [0.3, 0.4) is 0 Å². The van der Waals surface area contributed by atoms with Crippen molar-refractivity contribution in [2.75, 3.05) is 17.7 Å². The van der Waals surface area contributed by atoms with Crippen LogP contribution in [0, 0.1) is 0 Å². The highest BCUT2D eigenvalue weighted by molar-refractivity contribution is 5.99. The third-order valence-corrected chi connectivity index (χ3v) is 5.06. The number of anilines is 2. The second kappa shape index (κ2) is 11.4. The summed E-state index contributed by atoms with van der Waals surface area (Å²) in [7, 11) is 1.57. The minimum Gasteiger partial charge on any atom is -0.497 e. The van der Waals surface area contributed by atoms with Crippen LogP contribution in [0.15, 0.2) is 54.7 Å². The van der Waals surface area contributed by atoms with E-state index in [1.54, 1.807) is 30.0 Å². The summed E-state index contributed by atoms with van der Waals surface area (Å²) in [5.41, 5.74) is 0.238. The minimum absolute atomic E-state index is 0.136. The van der Waals surface area contributed by atoms with Gasteiger partial charge in [0, 0.05) is 25.0 Å². The molecule has 186 valence electrons. The average Bonchev–Trinajstić information content (AvgIpc) is 3.23. The number of urea groups is 1. The highest BCUT2D eigenvalue weighted by atomic mass is 19.4. The highest BCUT2D eigenvalue weighted by Crippen LogP contribution is 2.29. The number of hydrogen-bond acceptors (Lipinski definition) is 4. The Kier molecular flexibility index (Phi) is 8.34. The van der Waals surface area contributed by atoms with E-state index in [1.807, 2.05) is 19.1 Å². The molecular weight excluding hydrogens is 463 g/mol. The molecule has 0 saturated heterocycles. The standard InChI is InChI=1S/C24H26F3N5O3/c1-3-4-13-32-15-20(31-23(34)29-18-9-7-17(8-10-18)24(25,26)27)30-21(32)22(33)28-14-16-5-11-19(35-2)12-6-16/h5-12,15H,3-4,13-14H2,1-2H3,(H,28,33)(H2,29,31,34). The lowest BCUT2D eigenvalue weighted by Gasteiger charge is -2.09. The number of methoxy groups -OCH3 is 1. The number of aryl methyl sites for hydroxylation is 1. The van der Waals surface area contributed by atoms with Crippen LogP contribution in [0.4, 0.5) is 29.5 Å². The van der Waals surface area contributed by atoms with E-state index >= 15 is 0 Å². The predicted octanol–water partition coefficient (Wildman–Crippen LogP) is 5.28. The molecule has 8 nitrogen and oxygen atoms in total. The molecule has 0 saturated carbocycles. The van der Waals surface area contributed by atoms with Gasteiger partial charge in [0.1, 0.15) is 5.75 Å². The van der Waals surface area contributed by atoms with Gasteiger partial charge in [-0.2, -0.15) is 13.2 Å². The zero-order chi connectivity index (χ0) is 25.4. The second-order valence-electron chi connectivity index (χ2n) is 7.68. The maximum absolute atomic E-state index is 12.8. The van der Waals surface area contributed by atoms with Crippen LogP contribution in [0.1, 0.15) is 41.5 Å². The number of nitrogens with one attached hydrogen (secondary N) is 3. The van der Waals surface area contributed by atoms with Gasteiger partial charge in [-0.05, 0) is 48.4 Å². The Morgan fingerprint density at radius 1 is 1.03 bits per heavy atom. The van der Waals surface area contributed by atoms with E-state index in [1.165, 1.54) is 0 Å². The Morgan fingerprint density at radius 2 is 1.71 bits per heavy atom. The molecule has 1 aromatic heterocycles. The van der Waals surface area contributed by atoms with Crippen molar-refractivity contribution in [3.8, 4) is 5.75 Å². The zero-order valence-electron chi connectivity index (χ0n) is 19.3. The van der Waals surface area contributed by atoms with Crippen molar-refractivity contribution in [2.45, 2.75) is 39.0 Å². The Hall–Kier alpha value is -4.02.